The van der Waals surface area contributed by atoms with Crippen LogP contribution in [0.2, 0.25) is 0 Å². The molecule has 1 rings (SSSR count). The molecule has 1 aromatic rings. The van der Waals surface area contributed by atoms with Gasteiger partial charge in [-0.15, -0.1) is 0 Å². The number of hydrogen-bond acceptors (Lipinski definition) is 5. The summed E-state index contributed by atoms with van der Waals surface area (Å²) >= 11 is 0. The molecule has 5 nitrogen and oxygen atoms in total. The molecule has 1 aromatic carbocycles. The standard InChI is InChI=1S/C14H21NO4S/c1-4-8-19-14(16)13-11(6-5-7-12(13)15)9-20(17,18)10(2)3/h5-7,10H,4,8-9,15H2,1-3H3. The van der Waals surface area contributed by atoms with Gasteiger partial charge in [0.2, 0.25) is 0 Å². The zero-order valence-corrected chi connectivity index (χ0v) is 12.9. The molecule has 0 heterocycles. The van der Waals surface area contributed by atoms with Crippen molar-refractivity contribution in [2.45, 2.75) is 38.2 Å². The van der Waals surface area contributed by atoms with Gasteiger partial charge in [0.1, 0.15) is 0 Å². The van der Waals surface area contributed by atoms with E-state index in [2.05, 4.69) is 0 Å². The van der Waals surface area contributed by atoms with E-state index in [0.29, 0.717) is 12.0 Å². The number of anilines is 1. The largest absolute Gasteiger partial charge is 0.462 e. The lowest BCUT2D eigenvalue weighted by Gasteiger charge is -2.13. The molecule has 6 heteroatoms. The van der Waals surface area contributed by atoms with Crippen molar-refractivity contribution in [2.24, 2.45) is 0 Å². The molecule has 0 aromatic heterocycles. The van der Waals surface area contributed by atoms with Gasteiger partial charge in [0, 0.05) is 5.69 Å². The van der Waals surface area contributed by atoms with Gasteiger partial charge in [-0.3, -0.25) is 0 Å². The number of nitrogen functional groups attached to an aromatic ring is 1. The van der Waals surface area contributed by atoms with Crippen LogP contribution in [0.15, 0.2) is 18.2 Å². The van der Waals surface area contributed by atoms with Crippen molar-refractivity contribution in [3.8, 4) is 0 Å². The predicted octanol–water partition coefficient (Wildman–Crippen LogP) is 2.16. The van der Waals surface area contributed by atoms with Crippen molar-refractivity contribution in [3.63, 3.8) is 0 Å². The Morgan fingerprint density at radius 2 is 2.00 bits per heavy atom. The van der Waals surface area contributed by atoms with Crippen LogP contribution in [0.5, 0.6) is 0 Å². The fourth-order valence-electron chi connectivity index (χ4n) is 1.64. The Labute approximate surface area is 120 Å². The molecule has 0 amide bonds. The summed E-state index contributed by atoms with van der Waals surface area (Å²) in [5.41, 5.74) is 6.58. The molecule has 2 N–H and O–H groups in total. The first-order valence-corrected chi connectivity index (χ1v) is 8.27. The second kappa shape index (κ2) is 6.74. The van der Waals surface area contributed by atoms with Gasteiger partial charge in [0.05, 0.1) is 23.2 Å². The molecule has 0 bridgehead atoms. The van der Waals surface area contributed by atoms with Gasteiger partial charge in [-0.1, -0.05) is 19.1 Å². The zero-order chi connectivity index (χ0) is 15.3. The number of carbonyl (C=O) groups excluding carboxylic acids is 1. The molecule has 0 atom stereocenters. The number of sulfone groups is 1. The summed E-state index contributed by atoms with van der Waals surface area (Å²) in [6.07, 6.45) is 0.693. The van der Waals surface area contributed by atoms with Gasteiger partial charge in [0.15, 0.2) is 9.84 Å². The molecule has 112 valence electrons. The van der Waals surface area contributed by atoms with E-state index in [1.807, 2.05) is 6.92 Å². The number of carbonyl (C=O) groups is 1. The molecule has 0 spiro atoms. The van der Waals surface area contributed by atoms with E-state index in [1.54, 1.807) is 32.0 Å². The maximum Gasteiger partial charge on any atom is 0.340 e. The van der Waals surface area contributed by atoms with E-state index < -0.39 is 21.1 Å². The molecule has 0 radical (unpaired) electrons. The lowest BCUT2D eigenvalue weighted by molar-refractivity contribution is 0.0505. The fraction of sp³-hybridized carbons (Fsp3) is 0.500. The van der Waals surface area contributed by atoms with Crippen LogP contribution in [0.1, 0.15) is 43.1 Å². The van der Waals surface area contributed by atoms with Crippen LogP contribution in [-0.4, -0.2) is 26.2 Å². The molecule has 0 aliphatic rings. The SMILES string of the molecule is CCCOC(=O)c1c(N)cccc1CS(=O)(=O)C(C)C. The van der Waals surface area contributed by atoms with Crippen LogP contribution < -0.4 is 5.73 Å². The van der Waals surface area contributed by atoms with E-state index in [9.17, 15) is 13.2 Å². The van der Waals surface area contributed by atoms with E-state index in [0.717, 1.165) is 0 Å². The van der Waals surface area contributed by atoms with Gasteiger partial charge in [0.25, 0.3) is 0 Å². The lowest BCUT2D eigenvalue weighted by atomic mass is 10.1. The Kier molecular flexibility index (Phi) is 5.56. The van der Waals surface area contributed by atoms with Crippen molar-refractivity contribution in [1.82, 2.24) is 0 Å². The third-order valence-electron chi connectivity index (χ3n) is 2.90. The van der Waals surface area contributed by atoms with E-state index in [1.165, 1.54) is 0 Å². The molecule has 0 aliphatic heterocycles. The summed E-state index contributed by atoms with van der Waals surface area (Å²) < 4.78 is 29.1. The highest BCUT2D eigenvalue weighted by Crippen LogP contribution is 2.22. The minimum atomic E-state index is -3.31. The Bertz CT molecular complexity index is 579. The Balaban J connectivity index is 3.15. The molecular weight excluding hydrogens is 278 g/mol. The van der Waals surface area contributed by atoms with Gasteiger partial charge in [-0.05, 0) is 31.9 Å². The smallest absolute Gasteiger partial charge is 0.340 e. The van der Waals surface area contributed by atoms with Crippen LogP contribution in [-0.2, 0) is 20.3 Å². The number of hydrogen-bond donors (Lipinski definition) is 1. The maximum absolute atomic E-state index is 12.0. The van der Waals surface area contributed by atoms with E-state index in [-0.39, 0.29) is 23.6 Å². The Morgan fingerprint density at radius 1 is 1.35 bits per heavy atom. The highest BCUT2D eigenvalue weighted by molar-refractivity contribution is 7.91. The molecule has 0 unspecified atom stereocenters. The minimum absolute atomic E-state index is 0.158. The lowest BCUT2D eigenvalue weighted by Crippen LogP contribution is -2.19. The summed E-state index contributed by atoms with van der Waals surface area (Å²) in [5.74, 6) is -0.786. The monoisotopic (exact) mass is 299 g/mol. The van der Waals surface area contributed by atoms with Crippen molar-refractivity contribution in [3.05, 3.63) is 29.3 Å². The zero-order valence-electron chi connectivity index (χ0n) is 12.0. The molecule has 0 aliphatic carbocycles. The van der Waals surface area contributed by atoms with Gasteiger partial charge >= 0.3 is 5.97 Å². The summed E-state index contributed by atoms with van der Waals surface area (Å²) in [6, 6.07) is 4.80. The van der Waals surface area contributed by atoms with Crippen LogP contribution in [0.4, 0.5) is 5.69 Å². The number of benzene rings is 1. The predicted molar refractivity (Wildman–Crippen MR) is 79.2 cm³/mol. The highest BCUT2D eigenvalue weighted by atomic mass is 32.2. The van der Waals surface area contributed by atoms with Gasteiger partial charge < -0.3 is 10.5 Å². The summed E-state index contributed by atoms with van der Waals surface area (Å²) in [6.45, 7) is 5.38. The average Bonchev–Trinajstić information content (AvgIpc) is 2.35. The molecule has 20 heavy (non-hydrogen) atoms. The Morgan fingerprint density at radius 3 is 2.55 bits per heavy atom. The van der Waals surface area contributed by atoms with Crippen LogP contribution in [0, 0.1) is 0 Å². The van der Waals surface area contributed by atoms with Crippen LogP contribution in [0.3, 0.4) is 0 Å². The van der Waals surface area contributed by atoms with Crippen molar-refractivity contribution >= 4 is 21.5 Å². The molecule has 0 saturated heterocycles. The first kappa shape index (κ1) is 16.5. The molecule has 0 saturated carbocycles. The fourth-order valence-corrected chi connectivity index (χ4v) is 2.65. The van der Waals surface area contributed by atoms with Crippen LogP contribution >= 0.6 is 0 Å². The third-order valence-corrected chi connectivity index (χ3v) is 5.05. The van der Waals surface area contributed by atoms with Gasteiger partial charge in [-0.2, -0.15) is 0 Å². The topological polar surface area (TPSA) is 86.5 Å². The van der Waals surface area contributed by atoms with E-state index in [4.69, 9.17) is 10.5 Å². The van der Waals surface area contributed by atoms with E-state index >= 15 is 0 Å². The first-order valence-electron chi connectivity index (χ1n) is 6.55. The number of rotatable bonds is 6. The average molecular weight is 299 g/mol. The minimum Gasteiger partial charge on any atom is -0.462 e. The summed E-state index contributed by atoms with van der Waals surface area (Å²) in [7, 11) is -3.31. The molecular formula is C14H21NO4S. The van der Waals surface area contributed by atoms with Crippen molar-refractivity contribution in [1.29, 1.82) is 0 Å². The van der Waals surface area contributed by atoms with Gasteiger partial charge in [-0.25, -0.2) is 13.2 Å². The number of nitrogens with two attached hydrogens (primary N) is 1. The first-order chi connectivity index (χ1) is 9.29. The maximum atomic E-state index is 12.0. The van der Waals surface area contributed by atoms with Crippen LogP contribution in [0.25, 0.3) is 0 Å². The summed E-state index contributed by atoms with van der Waals surface area (Å²) in [4.78, 5) is 12.0. The van der Waals surface area contributed by atoms with Crippen molar-refractivity contribution < 1.29 is 17.9 Å². The third kappa shape index (κ3) is 3.96. The normalized spacial score (nSPS) is 11.6. The molecule has 0 fully saturated rings. The number of esters is 1. The Hall–Kier alpha value is -1.56. The second-order valence-electron chi connectivity index (χ2n) is 4.87. The highest BCUT2D eigenvalue weighted by Gasteiger charge is 2.23. The number of ether oxygens (including phenoxy) is 1. The van der Waals surface area contributed by atoms with Crippen molar-refractivity contribution in [2.75, 3.05) is 12.3 Å². The second-order valence-corrected chi connectivity index (χ2v) is 7.43. The quantitative estimate of drug-likeness (QED) is 0.642. The summed E-state index contributed by atoms with van der Waals surface area (Å²) in [5, 5.41) is -0.511.